The van der Waals surface area contributed by atoms with E-state index in [9.17, 15) is 23.6 Å². The second kappa shape index (κ2) is 12.3. The second-order valence-corrected chi connectivity index (χ2v) is 9.53. The standard InChI is InChI=1S/C17H22N2O2.C12H9FN2O2/c1-12-5-7-13(8-6-12)18-16(20)14-11-15(14)17(21)19-9-3-2-4-10-19;13-10-7-9(4-5-11(10)14-8-16)15-6-2-1-3-12(15)17/h5-8,14-15H,2-4,9-11H2,1H3,(H,18,20);1-8H,(H,14,16)/t14-,15?;/m0./s1. The Morgan fingerprint density at radius 1 is 0.974 bits per heavy atom. The van der Waals surface area contributed by atoms with Crippen molar-refractivity contribution in [2.45, 2.75) is 32.6 Å². The molecule has 3 aromatic rings. The molecule has 1 aliphatic carbocycles. The summed E-state index contributed by atoms with van der Waals surface area (Å²) in [5.41, 5.74) is 2.21. The summed E-state index contributed by atoms with van der Waals surface area (Å²) in [6.07, 6.45) is 6.05. The Hall–Kier alpha value is -4.27. The Kier molecular flexibility index (Phi) is 8.68. The van der Waals surface area contributed by atoms with Crippen LogP contribution in [0.15, 0.2) is 71.7 Å². The Bertz CT molecular complexity index is 1350. The number of carbonyl (C=O) groups is 3. The lowest BCUT2D eigenvalue weighted by atomic mass is 10.1. The first-order valence-electron chi connectivity index (χ1n) is 12.7. The van der Waals surface area contributed by atoms with Gasteiger partial charge in [-0.05, 0) is 62.9 Å². The average molecular weight is 519 g/mol. The van der Waals surface area contributed by atoms with E-state index in [0.29, 0.717) is 18.5 Å². The summed E-state index contributed by atoms with van der Waals surface area (Å²) in [5, 5.41) is 5.14. The Balaban J connectivity index is 0.000000181. The number of benzene rings is 2. The molecule has 2 heterocycles. The van der Waals surface area contributed by atoms with Gasteiger partial charge >= 0.3 is 0 Å². The summed E-state index contributed by atoms with van der Waals surface area (Å²) in [6.45, 7) is 3.74. The van der Waals surface area contributed by atoms with Crippen molar-refractivity contribution in [2.75, 3.05) is 23.7 Å². The first kappa shape index (κ1) is 26.8. The number of anilines is 2. The van der Waals surface area contributed by atoms with Crippen LogP contribution in [0.5, 0.6) is 0 Å². The molecule has 2 aliphatic rings. The lowest BCUT2D eigenvalue weighted by Crippen LogP contribution is -2.37. The number of nitrogens with one attached hydrogen (secondary N) is 2. The summed E-state index contributed by atoms with van der Waals surface area (Å²) >= 11 is 0. The number of amides is 3. The van der Waals surface area contributed by atoms with Crippen LogP contribution in [0.1, 0.15) is 31.2 Å². The van der Waals surface area contributed by atoms with Gasteiger partial charge in [0.05, 0.1) is 23.2 Å². The van der Waals surface area contributed by atoms with Crippen molar-refractivity contribution in [3.05, 3.63) is 88.6 Å². The van der Waals surface area contributed by atoms with Crippen LogP contribution in [-0.4, -0.2) is 40.8 Å². The normalized spacial score (nSPS) is 18.0. The fourth-order valence-corrected chi connectivity index (χ4v) is 4.45. The van der Waals surface area contributed by atoms with Crippen molar-refractivity contribution in [3.63, 3.8) is 0 Å². The van der Waals surface area contributed by atoms with Crippen molar-refractivity contribution >= 4 is 29.6 Å². The molecule has 0 radical (unpaired) electrons. The third-order valence-corrected chi connectivity index (χ3v) is 6.70. The minimum atomic E-state index is -0.592. The molecule has 1 saturated carbocycles. The minimum absolute atomic E-state index is 0.0192. The van der Waals surface area contributed by atoms with Crippen molar-refractivity contribution in [1.29, 1.82) is 0 Å². The third kappa shape index (κ3) is 6.73. The number of carbonyl (C=O) groups excluding carboxylic acids is 3. The largest absolute Gasteiger partial charge is 0.342 e. The number of halogens is 1. The number of rotatable bonds is 6. The summed E-state index contributed by atoms with van der Waals surface area (Å²) < 4.78 is 14.8. The first-order chi connectivity index (χ1) is 18.4. The number of hydrogen-bond acceptors (Lipinski definition) is 4. The van der Waals surface area contributed by atoms with Gasteiger partial charge in [0, 0.05) is 37.1 Å². The van der Waals surface area contributed by atoms with Gasteiger partial charge in [0.15, 0.2) is 0 Å². The zero-order valence-corrected chi connectivity index (χ0v) is 21.2. The van der Waals surface area contributed by atoms with Crippen molar-refractivity contribution in [2.24, 2.45) is 11.8 Å². The highest BCUT2D eigenvalue weighted by atomic mass is 19.1. The molecule has 5 rings (SSSR count). The highest BCUT2D eigenvalue weighted by Crippen LogP contribution is 2.41. The van der Waals surface area contributed by atoms with Crippen LogP contribution in [0.25, 0.3) is 5.69 Å². The van der Waals surface area contributed by atoms with E-state index in [1.165, 1.54) is 29.2 Å². The van der Waals surface area contributed by atoms with E-state index in [-0.39, 0.29) is 34.9 Å². The summed E-state index contributed by atoms with van der Waals surface area (Å²) in [6, 6.07) is 16.6. The van der Waals surface area contributed by atoms with Gasteiger partial charge in [-0.1, -0.05) is 23.8 Å². The molecule has 38 heavy (non-hydrogen) atoms. The molecule has 9 heteroatoms. The van der Waals surface area contributed by atoms with Crippen LogP contribution in [0.2, 0.25) is 0 Å². The lowest BCUT2D eigenvalue weighted by molar-refractivity contribution is -0.134. The van der Waals surface area contributed by atoms with Gasteiger partial charge in [-0.3, -0.25) is 23.7 Å². The molecule has 3 amide bonds. The Morgan fingerprint density at radius 2 is 1.71 bits per heavy atom. The quantitative estimate of drug-likeness (QED) is 0.480. The molecule has 0 bridgehead atoms. The van der Waals surface area contributed by atoms with Crippen LogP contribution in [0.3, 0.4) is 0 Å². The molecule has 198 valence electrons. The maximum atomic E-state index is 13.5. The van der Waals surface area contributed by atoms with E-state index in [1.54, 1.807) is 24.4 Å². The zero-order chi connectivity index (χ0) is 27.1. The van der Waals surface area contributed by atoms with Gasteiger partial charge in [-0.2, -0.15) is 0 Å². The fraction of sp³-hybridized carbons (Fsp3) is 0.310. The molecule has 1 aliphatic heterocycles. The van der Waals surface area contributed by atoms with Gasteiger partial charge in [0.2, 0.25) is 18.2 Å². The molecule has 2 fully saturated rings. The monoisotopic (exact) mass is 518 g/mol. The molecule has 1 unspecified atom stereocenters. The summed E-state index contributed by atoms with van der Waals surface area (Å²) in [5.74, 6) is -0.660. The second-order valence-electron chi connectivity index (χ2n) is 9.53. The van der Waals surface area contributed by atoms with E-state index in [2.05, 4.69) is 10.6 Å². The highest BCUT2D eigenvalue weighted by Gasteiger charge is 2.49. The van der Waals surface area contributed by atoms with Crippen molar-refractivity contribution < 1.29 is 18.8 Å². The predicted molar refractivity (Wildman–Crippen MR) is 144 cm³/mol. The highest BCUT2D eigenvalue weighted by molar-refractivity contribution is 5.99. The van der Waals surface area contributed by atoms with Crippen LogP contribution >= 0.6 is 0 Å². The Labute approximate surface area is 220 Å². The average Bonchev–Trinajstić information content (AvgIpc) is 3.73. The molecule has 1 aromatic heterocycles. The van der Waals surface area contributed by atoms with Gasteiger partial charge in [0.1, 0.15) is 5.82 Å². The number of likely N-dealkylation sites (tertiary alicyclic amines) is 1. The van der Waals surface area contributed by atoms with Crippen LogP contribution in [-0.2, 0) is 14.4 Å². The maximum Gasteiger partial charge on any atom is 0.255 e. The van der Waals surface area contributed by atoms with E-state index in [0.717, 1.165) is 37.2 Å². The molecule has 0 spiro atoms. The van der Waals surface area contributed by atoms with Gasteiger partial charge in [-0.15, -0.1) is 0 Å². The first-order valence-corrected chi connectivity index (χ1v) is 12.7. The number of aryl methyl sites for hydroxylation is 1. The third-order valence-electron chi connectivity index (χ3n) is 6.70. The van der Waals surface area contributed by atoms with E-state index >= 15 is 0 Å². The summed E-state index contributed by atoms with van der Waals surface area (Å²) in [4.78, 5) is 48.1. The van der Waals surface area contributed by atoms with Gasteiger partial charge in [-0.25, -0.2) is 4.39 Å². The molecule has 8 nitrogen and oxygen atoms in total. The lowest BCUT2D eigenvalue weighted by Gasteiger charge is -2.26. The molecular weight excluding hydrogens is 487 g/mol. The van der Waals surface area contributed by atoms with Crippen LogP contribution < -0.4 is 16.2 Å². The summed E-state index contributed by atoms with van der Waals surface area (Å²) in [7, 11) is 0. The number of hydrogen-bond donors (Lipinski definition) is 2. The molecule has 1 saturated heterocycles. The van der Waals surface area contributed by atoms with Crippen LogP contribution in [0, 0.1) is 24.6 Å². The van der Waals surface area contributed by atoms with Crippen molar-refractivity contribution in [1.82, 2.24) is 9.47 Å². The Morgan fingerprint density at radius 3 is 2.37 bits per heavy atom. The molecule has 2 aromatic carbocycles. The SMILES string of the molecule is Cc1ccc(NC(=O)[C@H]2CC2C(=O)N2CCCCC2)cc1.O=CNc1ccc(-n2ccccc2=O)cc1F. The minimum Gasteiger partial charge on any atom is -0.342 e. The fourth-order valence-electron chi connectivity index (χ4n) is 4.45. The van der Waals surface area contributed by atoms with E-state index < -0.39 is 5.82 Å². The molecule has 2 N–H and O–H groups in total. The van der Waals surface area contributed by atoms with Gasteiger partial charge < -0.3 is 15.5 Å². The number of aromatic nitrogens is 1. The smallest absolute Gasteiger partial charge is 0.255 e. The molecule has 2 atom stereocenters. The van der Waals surface area contributed by atoms with Crippen molar-refractivity contribution in [3.8, 4) is 5.69 Å². The zero-order valence-electron chi connectivity index (χ0n) is 21.2. The van der Waals surface area contributed by atoms with Crippen LogP contribution in [0.4, 0.5) is 15.8 Å². The van der Waals surface area contributed by atoms with E-state index in [4.69, 9.17) is 0 Å². The molecular formula is C29H31FN4O4. The van der Waals surface area contributed by atoms with E-state index in [1.807, 2.05) is 36.1 Å². The maximum absolute atomic E-state index is 13.5. The topological polar surface area (TPSA) is 101 Å². The number of piperidine rings is 1. The predicted octanol–water partition coefficient (Wildman–Crippen LogP) is 4.13. The number of pyridine rings is 1. The van der Waals surface area contributed by atoms with Gasteiger partial charge in [0.25, 0.3) is 5.56 Å². The number of nitrogens with zero attached hydrogens (tertiary/aromatic N) is 2.